The van der Waals surface area contributed by atoms with Crippen molar-refractivity contribution in [2.24, 2.45) is 7.05 Å². The zero-order chi connectivity index (χ0) is 13.8. The van der Waals surface area contributed by atoms with Crippen molar-refractivity contribution in [2.45, 2.75) is 33.2 Å². The fraction of sp³-hybridized carbons (Fsp3) is 0.438. The molecule has 2 rings (SSSR count). The van der Waals surface area contributed by atoms with Gasteiger partial charge in [0, 0.05) is 25.4 Å². The van der Waals surface area contributed by atoms with Gasteiger partial charge in [0.15, 0.2) is 0 Å². The first kappa shape index (κ1) is 13.8. The van der Waals surface area contributed by atoms with E-state index in [1.165, 1.54) is 27.9 Å². The van der Waals surface area contributed by atoms with Gasteiger partial charge < -0.3 is 5.32 Å². The second-order valence-electron chi connectivity index (χ2n) is 5.09. The normalized spacial score (nSPS) is 10.9. The van der Waals surface area contributed by atoms with Gasteiger partial charge in [-0.05, 0) is 37.1 Å². The Balaban J connectivity index is 2.41. The van der Waals surface area contributed by atoms with Gasteiger partial charge in [0.05, 0.1) is 5.69 Å². The van der Waals surface area contributed by atoms with Crippen molar-refractivity contribution in [2.75, 3.05) is 7.05 Å². The molecule has 0 aliphatic carbocycles. The molecule has 19 heavy (non-hydrogen) atoms. The van der Waals surface area contributed by atoms with Crippen molar-refractivity contribution >= 4 is 0 Å². The standard InChI is InChI=1S/C16H23N3/c1-5-6-16-15(11-19(4)18-16)14-8-7-13(10-17-3)9-12(14)2/h7-9,11,17H,5-6,10H2,1-4H3. The lowest BCUT2D eigenvalue weighted by atomic mass is 9.97. The minimum Gasteiger partial charge on any atom is -0.316 e. The predicted molar refractivity (Wildman–Crippen MR) is 80.1 cm³/mol. The SMILES string of the molecule is CCCc1nn(C)cc1-c1ccc(CNC)cc1C. The average molecular weight is 257 g/mol. The molecule has 102 valence electrons. The van der Waals surface area contributed by atoms with E-state index in [2.05, 4.69) is 48.7 Å². The Morgan fingerprint density at radius 2 is 2.05 bits per heavy atom. The van der Waals surface area contributed by atoms with Gasteiger partial charge in [0.1, 0.15) is 0 Å². The van der Waals surface area contributed by atoms with E-state index in [1.54, 1.807) is 0 Å². The van der Waals surface area contributed by atoms with E-state index in [9.17, 15) is 0 Å². The van der Waals surface area contributed by atoms with E-state index < -0.39 is 0 Å². The molecule has 0 atom stereocenters. The summed E-state index contributed by atoms with van der Waals surface area (Å²) in [6.45, 7) is 5.29. The fourth-order valence-electron chi connectivity index (χ4n) is 2.52. The fourth-order valence-corrected chi connectivity index (χ4v) is 2.52. The average Bonchev–Trinajstić information content (AvgIpc) is 2.71. The summed E-state index contributed by atoms with van der Waals surface area (Å²) in [6, 6.07) is 6.67. The van der Waals surface area contributed by atoms with E-state index in [1.807, 2.05) is 18.8 Å². The van der Waals surface area contributed by atoms with E-state index in [0.717, 1.165) is 19.4 Å². The van der Waals surface area contributed by atoms with E-state index in [0.29, 0.717) is 0 Å². The first-order valence-corrected chi connectivity index (χ1v) is 6.92. The Hall–Kier alpha value is -1.61. The number of nitrogens with zero attached hydrogens (tertiary/aromatic N) is 2. The number of aromatic nitrogens is 2. The molecule has 1 heterocycles. The maximum atomic E-state index is 4.58. The second kappa shape index (κ2) is 6.02. The maximum Gasteiger partial charge on any atom is 0.0702 e. The summed E-state index contributed by atoms with van der Waals surface area (Å²) in [7, 11) is 3.97. The van der Waals surface area contributed by atoms with Crippen LogP contribution in [0.5, 0.6) is 0 Å². The number of benzene rings is 1. The third-order valence-electron chi connectivity index (χ3n) is 3.35. The molecule has 0 bridgehead atoms. The summed E-state index contributed by atoms with van der Waals surface area (Å²) >= 11 is 0. The van der Waals surface area contributed by atoms with Crippen LogP contribution >= 0.6 is 0 Å². The third kappa shape index (κ3) is 3.04. The van der Waals surface area contributed by atoms with Gasteiger partial charge in [-0.3, -0.25) is 4.68 Å². The molecule has 0 saturated carbocycles. The molecule has 0 unspecified atom stereocenters. The van der Waals surface area contributed by atoms with Crippen LogP contribution in [0.15, 0.2) is 24.4 Å². The Morgan fingerprint density at radius 3 is 2.68 bits per heavy atom. The number of rotatable bonds is 5. The number of aryl methyl sites for hydroxylation is 3. The summed E-state index contributed by atoms with van der Waals surface area (Å²) < 4.78 is 1.92. The highest BCUT2D eigenvalue weighted by Crippen LogP contribution is 2.27. The van der Waals surface area contributed by atoms with Gasteiger partial charge in [-0.1, -0.05) is 31.5 Å². The van der Waals surface area contributed by atoms with Crippen LogP contribution in [0, 0.1) is 6.92 Å². The van der Waals surface area contributed by atoms with E-state index in [4.69, 9.17) is 0 Å². The van der Waals surface area contributed by atoms with Crippen LogP contribution in [-0.4, -0.2) is 16.8 Å². The summed E-state index contributed by atoms with van der Waals surface area (Å²) in [5, 5.41) is 7.77. The van der Waals surface area contributed by atoms with Crippen LogP contribution in [0.2, 0.25) is 0 Å². The lowest BCUT2D eigenvalue weighted by Gasteiger charge is -2.08. The number of hydrogen-bond acceptors (Lipinski definition) is 2. The number of hydrogen-bond donors (Lipinski definition) is 1. The predicted octanol–water partition coefficient (Wildman–Crippen LogP) is 3.07. The van der Waals surface area contributed by atoms with Gasteiger partial charge in [-0.2, -0.15) is 5.10 Å². The van der Waals surface area contributed by atoms with Crippen LogP contribution < -0.4 is 5.32 Å². The molecule has 0 amide bonds. The van der Waals surface area contributed by atoms with E-state index >= 15 is 0 Å². The van der Waals surface area contributed by atoms with Gasteiger partial charge in [0.2, 0.25) is 0 Å². The van der Waals surface area contributed by atoms with Gasteiger partial charge in [0.25, 0.3) is 0 Å². The zero-order valence-corrected chi connectivity index (χ0v) is 12.3. The van der Waals surface area contributed by atoms with Crippen molar-refractivity contribution in [3.63, 3.8) is 0 Å². The Morgan fingerprint density at radius 1 is 1.26 bits per heavy atom. The minimum atomic E-state index is 0.913. The van der Waals surface area contributed by atoms with Crippen molar-refractivity contribution in [3.05, 3.63) is 41.2 Å². The lowest BCUT2D eigenvalue weighted by Crippen LogP contribution is -2.05. The zero-order valence-electron chi connectivity index (χ0n) is 12.3. The highest BCUT2D eigenvalue weighted by Gasteiger charge is 2.11. The second-order valence-corrected chi connectivity index (χ2v) is 5.09. The smallest absolute Gasteiger partial charge is 0.0702 e. The van der Waals surface area contributed by atoms with Crippen LogP contribution in [0.1, 0.15) is 30.2 Å². The molecule has 0 aliphatic heterocycles. The molecule has 1 N–H and O–H groups in total. The molecule has 0 fully saturated rings. The topological polar surface area (TPSA) is 29.9 Å². The molecule has 0 saturated heterocycles. The van der Waals surface area contributed by atoms with Gasteiger partial charge in [-0.15, -0.1) is 0 Å². The molecular weight excluding hydrogens is 234 g/mol. The summed E-state index contributed by atoms with van der Waals surface area (Å²) in [5.74, 6) is 0. The molecular formula is C16H23N3. The van der Waals surface area contributed by atoms with Crippen LogP contribution in [-0.2, 0) is 20.0 Å². The summed E-state index contributed by atoms with van der Waals surface area (Å²) in [6.07, 6.45) is 4.29. The molecule has 3 heteroatoms. The quantitative estimate of drug-likeness (QED) is 0.892. The van der Waals surface area contributed by atoms with Crippen LogP contribution in [0.3, 0.4) is 0 Å². The van der Waals surface area contributed by atoms with E-state index in [-0.39, 0.29) is 0 Å². The largest absolute Gasteiger partial charge is 0.316 e. The van der Waals surface area contributed by atoms with Crippen LogP contribution in [0.4, 0.5) is 0 Å². The third-order valence-corrected chi connectivity index (χ3v) is 3.35. The molecule has 2 aromatic rings. The molecule has 0 spiro atoms. The maximum absolute atomic E-state index is 4.58. The van der Waals surface area contributed by atoms with Gasteiger partial charge >= 0.3 is 0 Å². The van der Waals surface area contributed by atoms with Crippen LogP contribution in [0.25, 0.3) is 11.1 Å². The molecule has 1 aromatic carbocycles. The minimum absolute atomic E-state index is 0.913. The first-order chi connectivity index (χ1) is 9.15. The van der Waals surface area contributed by atoms with Crippen molar-refractivity contribution in [1.29, 1.82) is 0 Å². The number of nitrogens with one attached hydrogen (secondary N) is 1. The van der Waals surface area contributed by atoms with Gasteiger partial charge in [-0.25, -0.2) is 0 Å². The highest BCUT2D eigenvalue weighted by molar-refractivity contribution is 5.69. The highest BCUT2D eigenvalue weighted by atomic mass is 15.2. The Labute approximate surface area is 115 Å². The first-order valence-electron chi connectivity index (χ1n) is 6.92. The van der Waals surface area contributed by atoms with Crippen molar-refractivity contribution in [1.82, 2.24) is 15.1 Å². The molecule has 1 aromatic heterocycles. The molecule has 0 aliphatic rings. The Bertz CT molecular complexity index is 555. The molecule has 3 nitrogen and oxygen atoms in total. The monoisotopic (exact) mass is 257 g/mol. The Kier molecular flexibility index (Phi) is 4.38. The molecule has 0 radical (unpaired) electrons. The van der Waals surface area contributed by atoms with Crippen molar-refractivity contribution < 1.29 is 0 Å². The van der Waals surface area contributed by atoms with Crippen molar-refractivity contribution in [3.8, 4) is 11.1 Å². The summed E-state index contributed by atoms with van der Waals surface area (Å²) in [5.41, 5.74) is 6.42. The summed E-state index contributed by atoms with van der Waals surface area (Å²) in [4.78, 5) is 0. The lowest BCUT2D eigenvalue weighted by molar-refractivity contribution is 0.733.